The lowest BCUT2D eigenvalue weighted by atomic mass is 9.82. The molecule has 2 aliphatic heterocycles. The molecule has 0 aliphatic carbocycles. The van der Waals surface area contributed by atoms with E-state index in [4.69, 9.17) is 4.74 Å². The number of hydrogen-bond donors (Lipinski definition) is 1. The number of nitrogens with one attached hydrogen (secondary N) is 1. The van der Waals surface area contributed by atoms with Crippen LogP contribution in [0.2, 0.25) is 0 Å². The summed E-state index contributed by atoms with van der Waals surface area (Å²) in [6, 6.07) is 4.11. The number of fused-ring (bicyclic) bond motifs is 1. The summed E-state index contributed by atoms with van der Waals surface area (Å²) in [5, 5.41) is 3.28. The van der Waals surface area contributed by atoms with E-state index in [1.54, 1.807) is 0 Å². The van der Waals surface area contributed by atoms with E-state index in [2.05, 4.69) is 34.2 Å². The first-order chi connectivity index (χ1) is 9.08. The molecule has 0 spiro atoms. The summed E-state index contributed by atoms with van der Waals surface area (Å²) in [5.41, 5.74) is 2.03. The zero-order valence-electron chi connectivity index (χ0n) is 11.1. The Kier molecular flexibility index (Phi) is 3.39. The van der Waals surface area contributed by atoms with Crippen molar-refractivity contribution in [3.8, 4) is 5.75 Å². The molecule has 0 aromatic heterocycles. The third-order valence-electron chi connectivity index (χ3n) is 4.22. The Hall–Kier alpha value is -0.870. The van der Waals surface area contributed by atoms with Gasteiger partial charge in [-0.3, -0.25) is 4.79 Å². The van der Waals surface area contributed by atoms with E-state index in [1.165, 1.54) is 5.56 Å². The van der Waals surface area contributed by atoms with E-state index in [-0.39, 0.29) is 5.41 Å². The lowest BCUT2D eigenvalue weighted by Gasteiger charge is -2.21. The van der Waals surface area contributed by atoms with Crippen LogP contribution in [-0.2, 0) is 17.6 Å². The van der Waals surface area contributed by atoms with Crippen LogP contribution in [0.15, 0.2) is 16.6 Å². The zero-order valence-corrected chi connectivity index (χ0v) is 12.7. The third-order valence-corrected chi connectivity index (χ3v) is 4.68. The molecule has 2 heterocycles. The van der Waals surface area contributed by atoms with Gasteiger partial charge in [0, 0.05) is 34.8 Å². The van der Waals surface area contributed by atoms with Gasteiger partial charge in [-0.2, -0.15) is 0 Å². The van der Waals surface area contributed by atoms with Gasteiger partial charge in [-0.1, -0.05) is 22.9 Å². The second kappa shape index (κ2) is 4.91. The van der Waals surface area contributed by atoms with Gasteiger partial charge in [0.15, 0.2) is 0 Å². The largest absolute Gasteiger partial charge is 0.493 e. The summed E-state index contributed by atoms with van der Waals surface area (Å²) in [4.78, 5) is 12.5. The molecule has 1 unspecified atom stereocenters. The average Bonchev–Trinajstić information content (AvgIpc) is 2.98. The number of hydrogen-bond acceptors (Lipinski definition) is 3. The molecule has 102 valence electrons. The fraction of sp³-hybridized carbons (Fsp3) is 0.533. The van der Waals surface area contributed by atoms with E-state index >= 15 is 0 Å². The molecule has 1 aromatic rings. The molecule has 4 heteroatoms. The number of benzene rings is 1. The van der Waals surface area contributed by atoms with Crippen molar-refractivity contribution in [2.75, 3.05) is 19.7 Å². The molecule has 0 radical (unpaired) electrons. The van der Waals surface area contributed by atoms with Gasteiger partial charge in [-0.15, -0.1) is 0 Å². The fourth-order valence-electron chi connectivity index (χ4n) is 2.92. The summed E-state index contributed by atoms with van der Waals surface area (Å²) in [5.74, 6) is 1.25. The van der Waals surface area contributed by atoms with Gasteiger partial charge in [0.05, 0.1) is 6.61 Å². The molecule has 1 fully saturated rings. The van der Waals surface area contributed by atoms with Gasteiger partial charge < -0.3 is 10.1 Å². The Bertz CT molecular complexity index is 521. The number of carbonyl (C=O) groups excluding carboxylic acids is 1. The van der Waals surface area contributed by atoms with E-state index in [0.29, 0.717) is 12.2 Å². The minimum absolute atomic E-state index is 0.214. The van der Waals surface area contributed by atoms with Crippen LogP contribution in [0.5, 0.6) is 5.75 Å². The van der Waals surface area contributed by atoms with Crippen molar-refractivity contribution in [3.63, 3.8) is 0 Å². The van der Waals surface area contributed by atoms with Gasteiger partial charge in [-0.25, -0.2) is 0 Å². The molecule has 1 atom stereocenters. The number of ketones is 1. The van der Waals surface area contributed by atoms with Crippen LogP contribution in [0, 0.1) is 5.41 Å². The molecule has 0 amide bonds. The first-order valence-corrected chi connectivity index (χ1v) is 7.56. The van der Waals surface area contributed by atoms with Crippen LogP contribution in [0.25, 0.3) is 0 Å². The van der Waals surface area contributed by atoms with E-state index in [9.17, 15) is 4.79 Å². The van der Waals surface area contributed by atoms with Crippen molar-refractivity contribution in [1.29, 1.82) is 0 Å². The number of Topliss-reactive ketones (excluding diaryl/α,β-unsaturated/α-hetero) is 1. The molecule has 1 aromatic carbocycles. The third kappa shape index (κ3) is 2.43. The van der Waals surface area contributed by atoms with Crippen LogP contribution in [0.3, 0.4) is 0 Å². The number of ether oxygens (including phenoxy) is 1. The van der Waals surface area contributed by atoms with Gasteiger partial charge in [0.2, 0.25) is 0 Å². The van der Waals surface area contributed by atoms with Crippen molar-refractivity contribution >= 4 is 21.7 Å². The highest BCUT2D eigenvalue weighted by atomic mass is 79.9. The minimum atomic E-state index is -0.214. The topological polar surface area (TPSA) is 38.3 Å². The van der Waals surface area contributed by atoms with Crippen LogP contribution in [0.1, 0.15) is 24.5 Å². The predicted octanol–water partition coefficient (Wildman–Crippen LogP) is 2.50. The SMILES string of the molecule is CC1(C(=O)Cc2cc(Br)cc3c2OCC3)CCNC1. The monoisotopic (exact) mass is 323 g/mol. The van der Waals surface area contributed by atoms with Crippen molar-refractivity contribution in [2.45, 2.75) is 26.2 Å². The van der Waals surface area contributed by atoms with Gasteiger partial charge in [0.1, 0.15) is 11.5 Å². The van der Waals surface area contributed by atoms with Crippen LogP contribution in [0.4, 0.5) is 0 Å². The first kappa shape index (κ1) is 13.1. The summed E-state index contributed by atoms with van der Waals surface area (Å²) in [7, 11) is 0. The second-order valence-corrected chi connectivity index (χ2v) is 6.65. The molecule has 2 aliphatic rings. The molecule has 0 saturated carbocycles. The van der Waals surface area contributed by atoms with Crippen molar-refractivity contribution in [1.82, 2.24) is 5.32 Å². The summed E-state index contributed by atoms with van der Waals surface area (Å²) >= 11 is 3.52. The average molecular weight is 324 g/mol. The Balaban J connectivity index is 1.86. The maximum Gasteiger partial charge on any atom is 0.144 e. The standard InChI is InChI=1S/C15H18BrNO2/c1-15(3-4-17-9-15)13(18)8-11-7-12(16)6-10-2-5-19-14(10)11/h6-7,17H,2-5,8-9H2,1H3. The normalized spacial score (nSPS) is 25.2. The molecule has 0 bridgehead atoms. The number of halogens is 1. The first-order valence-electron chi connectivity index (χ1n) is 6.77. The van der Waals surface area contributed by atoms with Crippen molar-refractivity contribution in [3.05, 3.63) is 27.7 Å². The zero-order chi connectivity index (χ0) is 13.5. The Morgan fingerprint density at radius 1 is 1.53 bits per heavy atom. The van der Waals surface area contributed by atoms with Gasteiger partial charge in [-0.05, 0) is 30.7 Å². The number of rotatable bonds is 3. The minimum Gasteiger partial charge on any atom is -0.493 e. The highest BCUT2D eigenvalue weighted by Crippen LogP contribution is 2.35. The fourth-order valence-corrected chi connectivity index (χ4v) is 3.47. The summed E-state index contributed by atoms with van der Waals surface area (Å²) in [6.07, 6.45) is 2.34. The predicted molar refractivity (Wildman–Crippen MR) is 77.6 cm³/mol. The van der Waals surface area contributed by atoms with Crippen LogP contribution >= 0.6 is 15.9 Å². The van der Waals surface area contributed by atoms with Crippen LogP contribution < -0.4 is 10.1 Å². The lowest BCUT2D eigenvalue weighted by Crippen LogP contribution is -2.31. The van der Waals surface area contributed by atoms with Crippen molar-refractivity contribution in [2.24, 2.45) is 5.41 Å². The van der Waals surface area contributed by atoms with E-state index in [1.807, 2.05) is 6.07 Å². The lowest BCUT2D eigenvalue weighted by molar-refractivity contribution is -0.126. The Morgan fingerprint density at radius 3 is 3.11 bits per heavy atom. The van der Waals surface area contributed by atoms with Gasteiger partial charge >= 0.3 is 0 Å². The summed E-state index contributed by atoms with van der Waals surface area (Å²) < 4.78 is 6.73. The maximum atomic E-state index is 12.5. The van der Waals surface area contributed by atoms with Crippen molar-refractivity contribution < 1.29 is 9.53 Å². The molecule has 1 N–H and O–H groups in total. The molecular weight excluding hydrogens is 306 g/mol. The Labute approximate surface area is 121 Å². The smallest absolute Gasteiger partial charge is 0.144 e. The maximum absolute atomic E-state index is 12.5. The molecular formula is C15H18BrNO2. The highest BCUT2D eigenvalue weighted by molar-refractivity contribution is 9.10. The van der Waals surface area contributed by atoms with E-state index in [0.717, 1.165) is 48.3 Å². The number of carbonyl (C=O) groups is 1. The molecule has 3 nitrogen and oxygen atoms in total. The summed E-state index contributed by atoms with van der Waals surface area (Å²) in [6.45, 7) is 4.53. The Morgan fingerprint density at radius 2 is 2.37 bits per heavy atom. The second-order valence-electron chi connectivity index (χ2n) is 5.74. The van der Waals surface area contributed by atoms with E-state index < -0.39 is 0 Å². The van der Waals surface area contributed by atoms with Gasteiger partial charge in [0.25, 0.3) is 0 Å². The molecule has 1 saturated heterocycles. The van der Waals surface area contributed by atoms with Crippen LogP contribution in [-0.4, -0.2) is 25.5 Å². The molecule has 3 rings (SSSR count). The quantitative estimate of drug-likeness (QED) is 0.928. The highest BCUT2D eigenvalue weighted by Gasteiger charge is 2.36. The molecule has 19 heavy (non-hydrogen) atoms.